The molecule has 3 aliphatic rings. The van der Waals surface area contributed by atoms with Crippen LogP contribution >= 0.6 is 0 Å². The van der Waals surface area contributed by atoms with E-state index >= 15 is 0 Å². The summed E-state index contributed by atoms with van der Waals surface area (Å²) in [4.78, 5) is 42.4. The quantitative estimate of drug-likeness (QED) is 0.426. The number of carbonyl (C=O) groups excluding carboxylic acids is 3. The summed E-state index contributed by atoms with van der Waals surface area (Å²) >= 11 is 0. The van der Waals surface area contributed by atoms with E-state index in [1.807, 2.05) is 11.8 Å². The molecule has 5 rings (SSSR count). The van der Waals surface area contributed by atoms with Crippen molar-refractivity contribution in [2.45, 2.75) is 45.6 Å². The van der Waals surface area contributed by atoms with E-state index in [0.717, 1.165) is 43.6 Å². The maximum atomic E-state index is 13.0. The van der Waals surface area contributed by atoms with Crippen LogP contribution in [0.3, 0.4) is 0 Å². The summed E-state index contributed by atoms with van der Waals surface area (Å²) in [6.45, 7) is 8.08. The van der Waals surface area contributed by atoms with Crippen molar-refractivity contribution in [2.75, 3.05) is 59.6 Å². The highest BCUT2D eigenvalue weighted by Gasteiger charge is 2.39. The second kappa shape index (κ2) is 11.9. The first kappa shape index (κ1) is 27.3. The van der Waals surface area contributed by atoms with Gasteiger partial charge in [0.2, 0.25) is 0 Å². The SMILES string of the molecule is CCn1nc(CCCOC(=O)c2ccc(C(=O)N3CCN(C)CC3)cc2)c2c1C(=O)NCC1(CCOCC1)C2. The first-order valence-electron chi connectivity index (χ1n) is 14.1. The van der Waals surface area contributed by atoms with E-state index in [1.165, 1.54) is 0 Å². The first-order valence-corrected chi connectivity index (χ1v) is 14.1. The standard InChI is InChI=1S/C29H39N5O5/c1-3-34-25-23(19-29(20-30-26(25)35)10-17-38-18-11-29)24(31-34)5-4-16-39-28(37)22-8-6-21(7-9-22)27(36)33-14-12-32(2)13-15-33/h6-9H,3-5,10-20H2,1-2H3,(H,30,35). The molecular formula is C29H39N5O5. The molecule has 2 saturated heterocycles. The number of esters is 1. The summed E-state index contributed by atoms with van der Waals surface area (Å²) < 4.78 is 12.9. The number of amides is 2. The molecule has 1 aromatic carbocycles. The van der Waals surface area contributed by atoms with E-state index in [1.54, 1.807) is 28.9 Å². The smallest absolute Gasteiger partial charge is 0.338 e. The monoisotopic (exact) mass is 537 g/mol. The van der Waals surface area contributed by atoms with Crippen LogP contribution in [0.4, 0.5) is 0 Å². The van der Waals surface area contributed by atoms with Crippen LogP contribution in [0, 0.1) is 5.41 Å². The van der Waals surface area contributed by atoms with Crippen LogP contribution in [0.1, 0.15) is 68.6 Å². The summed E-state index contributed by atoms with van der Waals surface area (Å²) in [5.41, 5.74) is 3.61. The number of piperazine rings is 1. The lowest BCUT2D eigenvalue weighted by Gasteiger charge is -2.36. The summed E-state index contributed by atoms with van der Waals surface area (Å²) in [6, 6.07) is 6.70. The minimum Gasteiger partial charge on any atom is -0.462 e. The fourth-order valence-electron chi connectivity index (χ4n) is 5.79. The lowest BCUT2D eigenvalue weighted by molar-refractivity contribution is 0.0160. The van der Waals surface area contributed by atoms with Crippen LogP contribution in [0.2, 0.25) is 0 Å². The highest BCUT2D eigenvalue weighted by molar-refractivity contribution is 5.96. The Labute approximate surface area is 229 Å². The fourth-order valence-corrected chi connectivity index (χ4v) is 5.79. The number of aromatic nitrogens is 2. The van der Waals surface area contributed by atoms with Crippen LogP contribution in [-0.2, 0) is 28.9 Å². The van der Waals surface area contributed by atoms with E-state index in [4.69, 9.17) is 14.6 Å². The van der Waals surface area contributed by atoms with Gasteiger partial charge in [-0.05, 0) is 75.8 Å². The minimum absolute atomic E-state index is 0.000124. The van der Waals surface area contributed by atoms with Gasteiger partial charge in [0.1, 0.15) is 5.69 Å². The van der Waals surface area contributed by atoms with Crippen LogP contribution < -0.4 is 5.32 Å². The van der Waals surface area contributed by atoms with Crippen molar-refractivity contribution in [1.82, 2.24) is 24.9 Å². The lowest BCUT2D eigenvalue weighted by atomic mass is 9.75. The number of fused-ring (bicyclic) bond motifs is 1. The molecule has 4 heterocycles. The third kappa shape index (κ3) is 6.01. The Hall–Kier alpha value is -3.24. The first-order chi connectivity index (χ1) is 18.9. The number of nitrogens with one attached hydrogen (secondary N) is 1. The van der Waals surface area contributed by atoms with Gasteiger partial charge in [-0.25, -0.2) is 4.79 Å². The third-order valence-corrected chi connectivity index (χ3v) is 8.33. The topological polar surface area (TPSA) is 106 Å². The Morgan fingerprint density at radius 3 is 2.46 bits per heavy atom. The summed E-state index contributed by atoms with van der Waals surface area (Å²) in [5, 5.41) is 7.90. The Morgan fingerprint density at radius 1 is 1.08 bits per heavy atom. The number of carbonyl (C=O) groups is 3. The highest BCUT2D eigenvalue weighted by Crippen LogP contribution is 2.37. The van der Waals surface area contributed by atoms with Crippen LogP contribution in [0.5, 0.6) is 0 Å². The number of likely N-dealkylation sites (N-methyl/N-ethyl adjacent to an activating group) is 1. The van der Waals surface area contributed by atoms with Gasteiger partial charge in [-0.1, -0.05) is 0 Å². The second-order valence-corrected chi connectivity index (χ2v) is 11.0. The van der Waals surface area contributed by atoms with Crippen molar-refractivity contribution in [3.05, 3.63) is 52.3 Å². The zero-order valence-electron chi connectivity index (χ0n) is 23.0. The van der Waals surface area contributed by atoms with E-state index in [-0.39, 0.29) is 23.8 Å². The van der Waals surface area contributed by atoms with E-state index in [2.05, 4.69) is 17.3 Å². The molecule has 0 unspecified atom stereocenters. The summed E-state index contributed by atoms with van der Waals surface area (Å²) in [6.07, 6.45) is 3.87. The van der Waals surface area contributed by atoms with Crippen LogP contribution in [0.15, 0.2) is 24.3 Å². The molecule has 39 heavy (non-hydrogen) atoms. The molecular weight excluding hydrogens is 498 g/mol. The predicted octanol–water partition coefficient (Wildman–Crippen LogP) is 2.16. The zero-order valence-corrected chi connectivity index (χ0v) is 23.0. The van der Waals surface area contributed by atoms with Crippen LogP contribution in [-0.4, -0.2) is 97.0 Å². The van der Waals surface area contributed by atoms with Crippen molar-refractivity contribution < 1.29 is 23.9 Å². The van der Waals surface area contributed by atoms with Gasteiger partial charge in [-0.15, -0.1) is 0 Å². The Morgan fingerprint density at radius 2 is 1.77 bits per heavy atom. The average Bonchev–Trinajstić information content (AvgIpc) is 3.24. The van der Waals surface area contributed by atoms with Gasteiger partial charge in [-0.2, -0.15) is 5.10 Å². The zero-order chi connectivity index (χ0) is 27.4. The predicted molar refractivity (Wildman–Crippen MR) is 145 cm³/mol. The second-order valence-electron chi connectivity index (χ2n) is 11.0. The van der Waals surface area contributed by atoms with Gasteiger partial charge in [0.15, 0.2) is 0 Å². The molecule has 10 heteroatoms. The van der Waals surface area contributed by atoms with Crippen molar-refractivity contribution in [1.29, 1.82) is 0 Å². The van der Waals surface area contributed by atoms with Gasteiger partial charge in [0.05, 0.1) is 17.9 Å². The van der Waals surface area contributed by atoms with E-state index < -0.39 is 5.97 Å². The van der Waals surface area contributed by atoms with Gasteiger partial charge < -0.3 is 24.6 Å². The normalized spacial score (nSPS) is 19.3. The molecule has 3 aliphatic heterocycles. The number of rotatable bonds is 7. The van der Waals surface area contributed by atoms with Gasteiger partial charge >= 0.3 is 5.97 Å². The minimum atomic E-state index is -0.410. The molecule has 2 amide bonds. The highest BCUT2D eigenvalue weighted by atomic mass is 16.5. The molecule has 10 nitrogen and oxygen atoms in total. The summed E-state index contributed by atoms with van der Waals surface area (Å²) in [7, 11) is 2.05. The Bertz CT molecular complexity index is 1190. The molecule has 2 aromatic rings. The number of aryl methyl sites for hydroxylation is 2. The molecule has 0 aliphatic carbocycles. The maximum Gasteiger partial charge on any atom is 0.338 e. The molecule has 0 atom stereocenters. The van der Waals surface area contributed by atoms with Crippen molar-refractivity contribution in [2.24, 2.45) is 5.41 Å². The maximum absolute atomic E-state index is 13.0. The lowest BCUT2D eigenvalue weighted by Crippen LogP contribution is -2.47. The number of nitrogens with zero attached hydrogens (tertiary/aromatic N) is 4. The third-order valence-electron chi connectivity index (χ3n) is 8.33. The fraction of sp³-hybridized carbons (Fsp3) is 0.586. The van der Waals surface area contributed by atoms with Crippen molar-refractivity contribution >= 4 is 17.8 Å². The molecule has 210 valence electrons. The average molecular weight is 538 g/mol. The van der Waals surface area contributed by atoms with Gasteiger partial charge in [0, 0.05) is 63.6 Å². The molecule has 0 radical (unpaired) electrons. The number of hydrogen-bond acceptors (Lipinski definition) is 7. The van der Waals surface area contributed by atoms with E-state index in [0.29, 0.717) is 69.1 Å². The molecule has 0 bridgehead atoms. The molecule has 1 spiro atoms. The Balaban J connectivity index is 1.17. The summed E-state index contributed by atoms with van der Waals surface area (Å²) in [5.74, 6) is -0.480. The van der Waals surface area contributed by atoms with Crippen molar-refractivity contribution in [3.63, 3.8) is 0 Å². The van der Waals surface area contributed by atoms with E-state index in [9.17, 15) is 14.4 Å². The Kier molecular flexibility index (Phi) is 8.32. The number of hydrogen-bond donors (Lipinski definition) is 1. The van der Waals surface area contributed by atoms with Gasteiger partial charge in [0.25, 0.3) is 11.8 Å². The van der Waals surface area contributed by atoms with Crippen molar-refractivity contribution in [3.8, 4) is 0 Å². The largest absolute Gasteiger partial charge is 0.462 e. The molecule has 0 saturated carbocycles. The molecule has 2 fully saturated rings. The number of benzene rings is 1. The molecule has 1 N–H and O–H groups in total. The molecule has 1 aromatic heterocycles. The number of ether oxygens (including phenoxy) is 2. The van der Waals surface area contributed by atoms with Gasteiger partial charge in [-0.3, -0.25) is 14.3 Å². The van der Waals surface area contributed by atoms with Crippen LogP contribution in [0.25, 0.3) is 0 Å².